The first-order valence-corrected chi connectivity index (χ1v) is 17.9. The molecule has 11 rings (SSSR count). The molecule has 0 amide bonds. The maximum Gasteiger partial charge on any atom is 0.0714 e. The van der Waals surface area contributed by atoms with E-state index in [9.17, 15) is 0 Å². The van der Waals surface area contributed by atoms with E-state index in [0.717, 1.165) is 0 Å². The topological polar surface area (TPSA) is 0 Å². The first-order chi connectivity index (χ1) is 25.3. The van der Waals surface area contributed by atoms with Gasteiger partial charge in [0.05, 0.1) is 5.41 Å². The zero-order chi connectivity index (χ0) is 33.5. The summed E-state index contributed by atoms with van der Waals surface area (Å²) in [6.45, 7) is 0. The molecule has 0 heterocycles. The summed E-state index contributed by atoms with van der Waals surface area (Å²) < 4.78 is 0. The molecule has 0 heteroatoms. The van der Waals surface area contributed by atoms with Crippen LogP contribution in [0.4, 0.5) is 0 Å². The van der Waals surface area contributed by atoms with E-state index in [-0.39, 0.29) is 0 Å². The quantitative estimate of drug-likeness (QED) is 0.167. The highest BCUT2D eigenvalue weighted by atomic mass is 14.5. The van der Waals surface area contributed by atoms with Crippen molar-refractivity contribution in [1.82, 2.24) is 0 Å². The molecule has 10 aromatic rings. The fourth-order valence-corrected chi connectivity index (χ4v) is 9.36. The minimum Gasteiger partial charge on any atom is -0.0622 e. The van der Waals surface area contributed by atoms with E-state index in [4.69, 9.17) is 0 Å². The van der Waals surface area contributed by atoms with Crippen LogP contribution in [-0.4, -0.2) is 0 Å². The molecule has 0 unspecified atom stereocenters. The summed E-state index contributed by atoms with van der Waals surface area (Å²) in [6, 6.07) is 72.5. The molecule has 0 nitrogen and oxygen atoms in total. The van der Waals surface area contributed by atoms with Gasteiger partial charge in [-0.25, -0.2) is 0 Å². The fraction of sp³-hybridized carbons (Fsp3) is 0.0196. The van der Waals surface area contributed by atoms with Crippen molar-refractivity contribution in [1.29, 1.82) is 0 Å². The first kappa shape index (κ1) is 28.3. The van der Waals surface area contributed by atoms with E-state index in [1.807, 2.05) is 0 Å². The molecule has 0 saturated carbocycles. The van der Waals surface area contributed by atoms with Gasteiger partial charge in [0, 0.05) is 0 Å². The minimum atomic E-state index is -0.527. The van der Waals surface area contributed by atoms with Crippen molar-refractivity contribution in [3.63, 3.8) is 0 Å². The molecule has 0 atom stereocenters. The van der Waals surface area contributed by atoms with Crippen LogP contribution in [0.1, 0.15) is 22.3 Å². The Balaban J connectivity index is 1.29. The van der Waals surface area contributed by atoms with Crippen molar-refractivity contribution in [2.45, 2.75) is 5.41 Å². The van der Waals surface area contributed by atoms with Gasteiger partial charge in [0.1, 0.15) is 0 Å². The highest BCUT2D eigenvalue weighted by Gasteiger charge is 2.47. The molecule has 0 fully saturated rings. The molecule has 0 spiro atoms. The monoisotopic (exact) mass is 644 g/mol. The normalized spacial score (nSPS) is 13.3. The molecule has 10 aromatic carbocycles. The van der Waals surface area contributed by atoms with E-state index in [0.29, 0.717) is 0 Å². The molecular weight excluding hydrogens is 613 g/mol. The Labute approximate surface area is 297 Å². The van der Waals surface area contributed by atoms with Crippen LogP contribution >= 0.6 is 0 Å². The van der Waals surface area contributed by atoms with Gasteiger partial charge in [-0.15, -0.1) is 0 Å². The van der Waals surface area contributed by atoms with Gasteiger partial charge in [-0.1, -0.05) is 182 Å². The van der Waals surface area contributed by atoms with Crippen LogP contribution in [-0.2, 0) is 5.41 Å². The number of rotatable bonds is 4. The predicted octanol–water partition coefficient (Wildman–Crippen LogP) is 13.4. The molecular formula is C51H32. The predicted molar refractivity (Wildman–Crippen MR) is 216 cm³/mol. The van der Waals surface area contributed by atoms with Crippen molar-refractivity contribution in [2.75, 3.05) is 0 Å². The van der Waals surface area contributed by atoms with Gasteiger partial charge in [-0.3, -0.25) is 0 Å². The van der Waals surface area contributed by atoms with Gasteiger partial charge in [-0.2, -0.15) is 0 Å². The molecule has 1 aliphatic rings. The highest BCUT2D eigenvalue weighted by Crippen LogP contribution is 2.60. The number of benzene rings is 10. The Bertz CT molecular complexity index is 2880. The smallest absolute Gasteiger partial charge is 0.0622 e. The Morgan fingerprint density at radius 1 is 0.294 bits per heavy atom. The van der Waals surface area contributed by atoms with Crippen molar-refractivity contribution in [2.24, 2.45) is 0 Å². The highest BCUT2D eigenvalue weighted by molar-refractivity contribution is 6.25. The molecule has 0 N–H and O–H groups in total. The number of hydrogen-bond donors (Lipinski definition) is 0. The third-order valence-electron chi connectivity index (χ3n) is 11.5. The summed E-state index contributed by atoms with van der Waals surface area (Å²) in [7, 11) is 0. The van der Waals surface area contributed by atoms with Crippen LogP contribution in [0, 0.1) is 0 Å². The largest absolute Gasteiger partial charge is 0.0714 e. The van der Waals surface area contributed by atoms with Crippen LogP contribution in [0.15, 0.2) is 194 Å². The zero-order valence-corrected chi connectivity index (χ0v) is 28.0. The number of fused-ring (bicyclic) bond motifs is 4. The standard InChI is InChI=1S/C51H32/c1-4-13-33(14-5-1)48-42-22-11-10-15-37(42)32-46-50(48)44-30-27-38(31-45(44)51(46,39-18-6-2-7-19-39)40-20-8-3-9-21-40)41-28-25-36-24-23-34-16-12-17-35-26-29-43(41)49(36)47(34)35/h1-32H. The zero-order valence-electron chi connectivity index (χ0n) is 28.0. The third kappa shape index (κ3) is 3.91. The van der Waals surface area contributed by atoms with Gasteiger partial charge in [0.25, 0.3) is 0 Å². The van der Waals surface area contributed by atoms with Crippen LogP contribution in [0.3, 0.4) is 0 Å². The van der Waals surface area contributed by atoms with Gasteiger partial charge in [0.2, 0.25) is 0 Å². The molecule has 0 saturated heterocycles. The Kier molecular flexibility index (Phi) is 5.97. The lowest BCUT2D eigenvalue weighted by molar-refractivity contribution is 0.770. The van der Waals surface area contributed by atoms with E-state index in [2.05, 4.69) is 194 Å². The maximum atomic E-state index is 2.51. The van der Waals surface area contributed by atoms with Crippen LogP contribution < -0.4 is 0 Å². The van der Waals surface area contributed by atoms with E-state index in [1.54, 1.807) is 0 Å². The summed E-state index contributed by atoms with van der Waals surface area (Å²) in [6.07, 6.45) is 0. The molecule has 0 radical (unpaired) electrons. The first-order valence-electron chi connectivity index (χ1n) is 17.9. The summed E-state index contributed by atoms with van der Waals surface area (Å²) >= 11 is 0. The SMILES string of the molecule is c1ccc(-c2c3c(cc4ccccc24)C(c2ccccc2)(c2ccccc2)c2cc(-c4ccc5ccc6cccc7ccc4c5c67)ccc2-3)cc1. The van der Waals surface area contributed by atoms with Gasteiger partial charge < -0.3 is 0 Å². The molecule has 0 aromatic heterocycles. The van der Waals surface area contributed by atoms with Gasteiger partial charge in [0.15, 0.2) is 0 Å². The van der Waals surface area contributed by atoms with Crippen LogP contribution in [0.25, 0.3) is 76.5 Å². The van der Waals surface area contributed by atoms with Gasteiger partial charge in [-0.05, 0) is 111 Å². The van der Waals surface area contributed by atoms with Crippen LogP contribution in [0.2, 0.25) is 0 Å². The van der Waals surface area contributed by atoms with Crippen molar-refractivity contribution < 1.29 is 0 Å². The van der Waals surface area contributed by atoms with Crippen molar-refractivity contribution in [3.05, 3.63) is 216 Å². The van der Waals surface area contributed by atoms with E-state index < -0.39 is 5.41 Å². The molecule has 51 heavy (non-hydrogen) atoms. The summed E-state index contributed by atoms with van der Waals surface area (Å²) in [5, 5.41) is 10.4. The lowest BCUT2D eigenvalue weighted by Gasteiger charge is -2.34. The summed E-state index contributed by atoms with van der Waals surface area (Å²) in [4.78, 5) is 0. The number of hydrogen-bond acceptors (Lipinski definition) is 0. The van der Waals surface area contributed by atoms with Crippen molar-refractivity contribution in [3.8, 4) is 33.4 Å². The minimum absolute atomic E-state index is 0.527. The molecule has 0 aliphatic heterocycles. The average molecular weight is 645 g/mol. The second kappa shape index (κ2) is 10.7. The summed E-state index contributed by atoms with van der Waals surface area (Å²) in [5.74, 6) is 0. The van der Waals surface area contributed by atoms with E-state index in [1.165, 1.54) is 98.7 Å². The lowest BCUT2D eigenvalue weighted by Crippen LogP contribution is -2.28. The second-order valence-electron chi connectivity index (χ2n) is 14.0. The Morgan fingerprint density at radius 2 is 0.863 bits per heavy atom. The van der Waals surface area contributed by atoms with Gasteiger partial charge >= 0.3 is 0 Å². The molecule has 0 bridgehead atoms. The van der Waals surface area contributed by atoms with E-state index >= 15 is 0 Å². The summed E-state index contributed by atoms with van der Waals surface area (Å²) in [5.41, 5.74) is 12.3. The second-order valence-corrected chi connectivity index (χ2v) is 14.0. The molecule has 236 valence electrons. The average Bonchev–Trinajstić information content (AvgIpc) is 3.49. The Morgan fingerprint density at radius 3 is 1.59 bits per heavy atom. The molecule has 1 aliphatic carbocycles. The Hall–Kier alpha value is -6.50. The third-order valence-corrected chi connectivity index (χ3v) is 11.5. The fourth-order valence-electron chi connectivity index (χ4n) is 9.36. The van der Waals surface area contributed by atoms with Crippen LogP contribution in [0.5, 0.6) is 0 Å². The van der Waals surface area contributed by atoms with Crippen molar-refractivity contribution >= 4 is 43.1 Å². The lowest BCUT2D eigenvalue weighted by atomic mass is 9.67. The maximum absolute atomic E-state index is 2.51.